The van der Waals surface area contributed by atoms with Crippen LogP contribution in [0.5, 0.6) is 0 Å². The summed E-state index contributed by atoms with van der Waals surface area (Å²) < 4.78 is 6.64. The van der Waals surface area contributed by atoms with Crippen molar-refractivity contribution >= 4 is 17.1 Å². The third kappa shape index (κ3) is 1.91. The molecule has 2 aromatic heterocycles. The third-order valence-electron chi connectivity index (χ3n) is 3.77. The minimum absolute atomic E-state index is 0.0232. The molecule has 1 saturated heterocycles. The van der Waals surface area contributed by atoms with E-state index in [9.17, 15) is 25.2 Å². The number of ether oxygens (including phenoxy) is 1. The van der Waals surface area contributed by atoms with Crippen molar-refractivity contribution in [2.45, 2.75) is 24.0 Å². The number of hydrogen-bond acceptors (Lipinski definition) is 9. The first-order chi connectivity index (χ1) is 10.4. The molecule has 120 valence electrons. The third-order valence-corrected chi connectivity index (χ3v) is 3.77. The minimum Gasteiger partial charge on any atom is -0.393 e. The topological polar surface area (TPSA) is 180 Å². The normalized spacial score (nSPS) is 27.5. The smallest absolute Gasteiger partial charge is 0.280 e. The van der Waals surface area contributed by atoms with Gasteiger partial charge in [-0.25, -0.2) is 4.98 Å². The molecule has 0 unspecified atom stereocenters. The van der Waals surface area contributed by atoms with Crippen LogP contribution in [0.3, 0.4) is 0 Å². The van der Waals surface area contributed by atoms with Crippen LogP contribution >= 0.6 is 0 Å². The van der Waals surface area contributed by atoms with Crippen molar-refractivity contribution in [3.63, 3.8) is 0 Å². The van der Waals surface area contributed by atoms with Crippen molar-refractivity contribution in [3.05, 3.63) is 16.7 Å². The summed E-state index contributed by atoms with van der Waals surface area (Å²) in [5, 5.41) is 38.9. The molecule has 2 aromatic rings. The summed E-state index contributed by atoms with van der Waals surface area (Å²) in [6.07, 6.45) is -3.02. The maximum Gasteiger partial charge on any atom is 0.280 e. The van der Waals surface area contributed by atoms with Gasteiger partial charge >= 0.3 is 0 Å². The zero-order valence-electron chi connectivity index (χ0n) is 11.2. The van der Waals surface area contributed by atoms with Crippen LogP contribution in [-0.4, -0.2) is 71.0 Å². The Morgan fingerprint density at radius 3 is 2.68 bits per heavy atom. The zero-order chi connectivity index (χ0) is 16.1. The van der Waals surface area contributed by atoms with E-state index in [0.717, 1.165) is 0 Å². The number of nitrogens with zero attached hydrogens (tertiary/aromatic N) is 3. The summed E-state index contributed by atoms with van der Waals surface area (Å²) in [6, 6.07) is 0. The standard InChI is InChI=1S/C11H15N5O6/c12-10-14-7-4(8(21)15-10)13-3-16(7)9-5(19)6(20)11(1-17,2-18)22-9/h3,5-6,9,17-20H,1-2H2,(H3,12,14,15,21)/t5-,6+,9-/m1/s1. The molecule has 1 aliphatic heterocycles. The van der Waals surface area contributed by atoms with Gasteiger partial charge < -0.3 is 30.9 Å². The van der Waals surface area contributed by atoms with Crippen molar-refractivity contribution in [3.8, 4) is 0 Å². The van der Waals surface area contributed by atoms with Crippen molar-refractivity contribution < 1.29 is 25.2 Å². The number of aromatic nitrogens is 4. The second-order valence-electron chi connectivity index (χ2n) is 5.10. The molecule has 11 nitrogen and oxygen atoms in total. The van der Waals surface area contributed by atoms with Crippen molar-refractivity contribution in [2.24, 2.45) is 0 Å². The summed E-state index contributed by atoms with van der Waals surface area (Å²) in [7, 11) is 0. The second kappa shape index (κ2) is 5.00. The lowest BCUT2D eigenvalue weighted by Gasteiger charge is -2.27. The van der Waals surface area contributed by atoms with E-state index in [4.69, 9.17) is 10.5 Å². The van der Waals surface area contributed by atoms with Gasteiger partial charge in [-0.2, -0.15) is 4.98 Å². The summed E-state index contributed by atoms with van der Waals surface area (Å²) in [5.74, 6) is -0.150. The maximum atomic E-state index is 11.7. The van der Waals surface area contributed by atoms with Gasteiger partial charge in [0.25, 0.3) is 5.56 Å². The molecule has 0 radical (unpaired) electrons. The highest BCUT2D eigenvalue weighted by Gasteiger charge is 2.54. The summed E-state index contributed by atoms with van der Waals surface area (Å²) in [4.78, 5) is 21.8. The molecular formula is C11H15N5O6. The quantitative estimate of drug-likeness (QED) is 0.338. The van der Waals surface area contributed by atoms with Gasteiger partial charge in [-0.15, -0.1) is 0 Å². The molecule has 0 aliphatic carbocycles. The molecule has 7 N–H and O–H groups in total. The number of anilines is 1. The molecule has 3 rings (SSSR count). The summed E-state index contributed by atoms with van der Waals surface area (Å²) in [6.45, 7) is -1.41. The lowest BCUT2D eigenvalue weighted by atomic mass is 9.97. The van der Waals surface area contributed by atoms with E-state index in [2.05, 4.69) is 15.0 Å². The van der Waals surface area contributed by atoms with Crippen molar-refractivity contribution in [2.75, 3.05) is 18.9 Å². The molecule has 1 fully saturated rings. The number of hydrogen-bond donors (Lipinski definition) is 6. The van der Waals surface area contributed by atoms with E-state index in [1.54, 1.807) is 0 Å². The number of aliphatic hydroxyl groups excluding tert-OH is 4. The number of nitrogens with two attached hydrogens (primary N) is 1. The molecule has 11 heteroatoms. The minimum atomic E-state index is -1.73. The van der Waals surface area contributed by atoms with Crippen LogP contribution < -0.4 is 11.3 Å². The molecule has 0 spiro atoms. The lowest BCUT2D eigenvalue weighted by molar-refractivity contribution is -0.149. The fraction of sp³-hybridized carbons (Fsp3) is 0.545. The predicted molar refractivity (Wildman–Crippen MR) is 71.6 cm³/mol. The number of aromatic amines is 1. The highest BCUT2D eigenvalue weighted by atomic mass is 16.6. The number of nitrogens with one attached hydrogen (secondary N) is 1. The molecular weight excluding hydrogens is 298 g/mol. The molecule has 0 aromatic carbocycles. The van der Waals surface area contributed by atoms with Crippen molar-refractivity contribution in [1.29, 1.82) is 0 Å². The molecule has 0 amide bonds. The van der Waals surface area contributed by atoms with Crippen LogP contribution in [0.4, 0.5) is 5.95 Å². The van der Waals surface area contributed by atoms with E-state index in [-0.39, 0.29) is 17.1 Å². The van der Waals surface area contributed by atoms with E-state index in [1.807, 2.05) is 0 Å². The molecule has 3 heterocycles. The largest absolute Gasteiger partial charge is 0.393 e. The van der Waals surface area contributed by atoms with E-state index >= 15 is 0 Å². The maximum absolute atomic E-state index is 11.7. The Bertz CT molecular complexity index is 753. The van der Waals surface area contributed by atoms with Crippen LogP contribution in [-0.2, 0) is 4.74 Å². The van der Waals surface area contributed by atoms with Crippen molar-refractivity contribution in [1.82, 2.24) is 19.5 Å². The number of aliphatic hydroxyl groups is 4. The van der Waals surface area contributed by atoms with Gasteiger partial charge in [-0.05, 0) is 0 Å². The second-order valence-corrected chi connectivity index (χ2v) is 5.10. The van der Waals surface area contributed by atoms with Gasteiger partial charge in [0.15, 0.2) is 17.4 Å². The monoisotopic (exact) mass is 313 g/mol. The summed E-state index contributed by atoms with van der Waals surface area (Å²) in [5.41, 5.74) is 3.21. The van der Waals surface area contributed by atoms with E-state index < -0.39 is 42.8 Å². The number of rotatable bonds is 3. The number of H-pyrrole nitrogens is 1. The fourth-order valence-electron chi connectivity index (χ4n) is 2.51. The Kier molecular flexibility index (Phi) is 3.38. The lowest BCUT2D eigenvalue weighted by Crippen LogP contribution is -2.49. The predicted octanol–water partition coefficient (Wildman–Crippen LogP) is -3.32. The van der Waals surface area contributed by atoms with Crippen LogP contribution in [0.25, 0.3) is 11.2 Å². The van der Waals surface area contributed by atoms with Crippen LogP contribution in [0.1, 0.15) is 6.23 Å². The van der Waals surface area contributed by atoms with Crippen LogP contribution in [0.2, 0.25) is 0 Å². The molecule has 1 aliphatic rings. The highest BCUT2D eigenvalue weighted by Crippen LogP contribution is 2.37. The SMILES string of the molecule is Nc1nc2c(ncn2[C@@H]2OC(CO)(CO)[C@@H](O)[C@H]2O)c(=O)[nH]1. The van der Waals surface area contributed by atoms with Crippen LogP contribution in [0, 0.1) is 0 Å². The van der Waals surface area contributed by atoms with Gasteiger partial charge in [0.1, 0.15) is 17.8 Å². The Morgan fingerprint density at radius 1 is 1.41 bits per heavy atom. The first-order valence-electron chi connectivity index (χ1n) is 6.41. The highest BCUT2D eigenvalue weighted by molar-refractivity contribution is 5.70. The first kappa shape index (κ1) is 14.9. The zero-order valence-corrected chi connectivity index (χ0v) is 11.2. The Labute approximate surface area is 122 Å². The van der Waals surface area contributed by atoms with Gasteiger partial charge in [-0.1, -0.05) is 0 Å². The van der Waals surface area contributed by atoms with Crippen LogP contribution in [0.15, 0.2) is 11.1 Å². The average molecular weight is 313 g/mol. The fourth-order valence-corrected chi connectivity index (χ4v) is 2.51. The molecule has 0 saturated carbocycles. The van der Waals surface area contributed by atoms with Gasteiger partial charge in [-0.3, -0.25) is 14.3 Å². The number of fused-ring (bicyclic) bond motifs is 1. The van der Waals surface area contributed by atoms with Gasteiger partial charge in [0.05, 0.1) is 19.5 Å². The molecule has 0 bridgehead atoms. The molecule has 22 heavy (non-hydrogen) atoms. The Hall–Kier alpha value is -2.05. The Morgan fingerprint density at radius 2 is 2.09 bits per heavy atom. The number of imidazole rings is 1. The van der Waals surface area contributed by atoms with E-state index in [0.29, 0.717) is 0 Å². The molecule has 3 atom stereocenters. The van der Waals surface area contributed by atoms with Gasteiger partial charge in [0.2, 0.25) is 5.95 Å². The summed E-state index contributed by atoms with van der Waals surface area (Å²) >= 11 is 0. The Balaban J connectivity index is 2.11. The number of nitrogen functional groups attached to an aromatic ring is 1. The average Bonchev–Trinajstić information content (AvgIpc) is 3.01. The van der Waals surface area contributed by atoms with Gasteiger partial charge in [0, 0.05) is 0 Å². The van der Waals surface area contributed by atoms with E-state index in [1.165, 1.54) is 10.9 Å². The first-order valence-corrected chi connectivity index (χ1v) is 6.41.